The van der Waals surface area contributed by atoms with Gasteiger partial charge in [0.1, 0.15) is 6.10 Å². The fraction of sp³-hybridized carbons (Fsp3) is 0.688. The zero-order valence-electron chi connectivity index (χ0n) is 12.1. The maximum atomic E-state index is 14.3. The number of aromatic nitrogens is 1. The smallest absolute Gasteiger partial charge is 0.250 e. The normalized spacial score (nSPS) is 26.5. The molecule has 2 aliphatic rings. The molecule has 0 aliphatic heterocycles. The van der Waals surface area contributed by atoms with Gasteiger partial charge in [-0.05, 0) is 50.5 Å². The molecule has 1 N–H and O–H groups in total. The molecule has 0 bridgehead atoms. The molecule has 1 heterocycles. The lowest BCUT2D eigenvalue weighted by atomic mass is 9.89. The summed E-state index contributed by atoms with van der Waals surface area (Å²) >= 11 is 0. The Balaban J connectivity index is 1.61. The Morgan fingerprint density at radius 1 is 1.25 bits per heavy atom. The lowest BCUT2D eigenvalue weighted by Crippen LogP contribution is -2.24. The van der Waals surface area contributed by atoms with Gasteiger partial charge in [0.05, 0.1) is 0 Å². The summed E-state index contributed by atoms with van der Waals surface area (Å²) in [4.78, 5) is 4.07. The molecule has 2 saturated carbocycles. The Labute approximate surface area is 119 Å². The van der Waals surface area contributed by atoms with Gasteiger partial charge in [0.15, 0.2) is 5.82 Å². The topological polar surface area (TPSA) is 34.1 Å². The van der Waals surface area contributed by atoms with Crippen LogP contribution in [-0.4, -0.2) is 17.1 Å². The summed E-state index contributed by atoms with van der Waals surface area (Å²) in [6.45, 7) is 2.83. The molecule has 1 aromatic heterocycles. The van der Waals surface area contributed by atoms with Crippen LogP contribution in [0, 0.1) is 11.7 Å². The Morgan fingerprint density at radius 3 is 2.70 bits per heavy atom. The van der Waals surface area contributed by atoms with Gasteiger partial charge in [-0.1, -0.05) is 6.92 Å². The van der Waals surface area contributed by atoms with Crippen molar-refractivity contribution in [2.75, 3.05) is 0 Å². The van der Waals surface area contributed by atoms with Crippen LogP contribution >= 0.6 is 0 Å². The van der Waals surface area contributed by atoms with Crippen molar-refractivity contribution >= 4 is 0 Å². The number of halogens is 1. The van der Waals surface area contributed by atoms with Gasteiger partial charge < -0.3 is 10.1 Å². The molecule has 0 amide bonds. The monoisotopic (exact) mass is 278 g/mol. The number of pyridine rings is 1. The van der Waals surface area contributed by atoms with E-state index in [4.69, 9.17) is 4.74 Å². The summed E-state index contributed by atoms with van der Waals surface area (Å²) in [5.41, 5.74) is 0.658. The van der Waals surface area contributed by atoms with Crippen LogP contribution in [0.3, 0.4) is 0 Å². The average molecular weight is 278 g/mol. The Kier molecular flexibility index (Phi) is 4.20. The minimum Gasteiger partial charge on any atom is -0.472 e. The van der Waals surface area contributed by atoms with Gasteiger partial charge in [-0.2, -0.15) is 0 Å². The van der Waals surface area contributed by atoms with Crippen molar-refractivity contribution in [2.45, 2.75) is 64.1 Å². The van der Waals surface area contributed by atoms with E-state index in [0.717, 1.165) is 31.6 Å². The maximum Gasteiger partial charge on any atom is 0.250 e. The molecule has 0 atom stereocenters. The lowest BCUT2D eigenvalue weighted by Gasteiger charge is -2.26. The van der Waals surface area contributed by atoms with Gasteiger partial charge in [0, 0.05) is 24.3 Å². The van der Waals surface area contributed by atoms with E-state index in [1.807, 2.05) is 0 Å². The van der Waals surface area contributed by atoms with Crippen LogP contribution < -0.4 is 10.1 Å². The highest BCUT2D eigenvalue weighted by Gasteiger charge is 2.23. The summed E-state index contributed by atoms with van der Waals surface area (Å²) in [5.74, 6) is 0.653. The summed E-state index contributed by atoms with van der Waals surface area (Å²) in [5, 5.41) is 3.33. The van der Waals surface area contributed by atoms with Crippen LogP contribution in [-0.2, 0) is 6.54 Å². The highest BCUT2D eigenvalue weighted by molar-refractivity contribution is 5.24. The first-order valence-electron chi connectivity index (χ1n) is 7.76. The maximum absolute atomic E-state index is 14.3. The van der Waals surface area contributed by atoms with E-state index >= 15 is 0 Å². The van der Waals surface area contributed by atoms with Gasteiger partial charge in [-0.15, -0.1) is 0 Å². The van der Waals surface area contributed by atoms with E-state index in [1.54, 1.807) is 12.3 Å². The van der Waals surface area contributed by atoms with E-state index in [1.165, 1.54) is 12.8 Å². The number of rotatable bonds is 5. The van der Waals surface area contributed by atoms with Crippen molar-refractivity contribution < 1.29 is 9.13 Å². The molecule has 0 aromatic carbocycles. The molecule has 2 aliphatic carbocycles. The first kappa shape index (κ1) is 13.8. The molecule has 4 heteroatoms. The predicted molar refractivity (Wildman–Crippen MR) is 76.1 cm³/mol. The average Bonchev–Trinajstić information content (AvgIpc) is 3.26. The molecule has 1 aromatic rings. The molecule has 2 fully saturated rings. The van der Waals surface area contributed by atoms with E-state index in [2.05, 4.69) is 17.2 Å². The fourth-order valence-electron chi connectivity index (χ4n) is 2.73. The quantitative estimate of drug-likeness (QED) is 0.896. The van der Waals surface area contributed by atoms with E-state index in [0.29, 0.717) is 18.2 Å². The first-order chi connectivity index (χ1) is 9.72. The van der Waals surface area contributed by atoms with E-state index < -0.39 is 0 Å². The molecule has 0 unspecified atom stereocenters. The van der Waals surface area contributed by atoms with Gasteiger partial charge in [0.25, 0.3) is 5.88 Å². The molecule has 20 heavy (non-hydrogen) atoms. The van der Waals surface area contributed by atoms with Crippen molar-refractivity contribution in [2.24, 2.45) is 5.92 Å². The first-order valence-corrected chi connectivity index (χ1v) is 7.76. The Morgan fingerprint density at radius 2 is 2.00 bits per heavy atom. The fourth-order valence-corrected chi connectivity index (χ4v) is 2.73. The number of nitrogens with zero attached hydrogens (tertiary/aromatic N) is 1. The van der Waals surface area contributed by atoms with Crippen LogP contribution in [0.4, 0.5) is 4.39 Å². The highest BCUT2D eigenvalue weighted by atomic mass is 19.1. The van der Waals surface area contributed by atoms with Crippen LogP contribution in [0.2, 0.25) is 0 Å². The molecular formula is C16H23FN2O. The summed E-state index contributed by atoms with van der Waals surface area (Å²) in [6, 6.07) is 2.31. The lowest BCUT2D eigenvalue weighted by molar-refractivity contribution is 0.124. The third-order valence-electron chi connectivity index (χ3n) is 4.34. The largest absolute Gasteiger partial charge is 0.472 e. The van der Waals surface area contributed by atoms with E-state index in [-0.39, 0.29) is 17.8 Å². The number of ether oxygens (including phenoxy) is 1. The number of hydrogen-bond acceptors (Lipinski definition) is 3. The standard InChI is InChI=1S/C16H23FN2O/c1-11-2-6-14(7-3-11)20-16-15(17)12(8-9-18-16)10-19-13-4-5-13/h8-9,11,13-14,19H,2-7,10H2,1H3. The minimum atomic E-state index is -0.292. The second-order valence-corrected chi connectivity index (χ2v) is 6.24. The van der Waals surface area contributed by atoms with Crippen LogP contribution in [0.5, 0.6) is 5.88 Å². The van der Waals surface area contributed by atoms with Gasteiger partial charge in [-0.25, -0.2) is 9.37 Å². The molecule has 3 nitrogen and oxygen atoms in total. The highest BCUT2D eigenvalue weighted by Crippen LogP contribution is 2.28. The van der Waals surface area contributed by atoms with Crippen molar-refractivity contribution in [3.63, 3.8) is 0 Å². The third kappa shape index (κ3) is 3.48. The summed E-state index contributed by atoms with van der Waals surface area (Å²) < 4.78 is 20.1. The van der Waals surface area contributed by atoms with Crippen LogP contribution in [0.25, 0.3) is 0 Å². The van der Waals surface area contributed by atoms with Gasteiger partial charge in [0.2, 0.25) is 0 Å². The van der Waals surface area contributed by atoms with Crippen LogP contribution in [0.15, 0.2) is 12.3 Å². The van der Waals surface area contributed by atoms with Crippen LogP contribution in [0.1, 0.15) is 51.0 Å². The molecule has 3 rings (SSSR count). The van der Waals surface area contributed by atoms with Gasteiger partial charge in [-0.3, -0.25) is 0 Å². The zero-order valence-corrected chi connectivity index (χ0v) is 12.1. The Hall–Kier alpha value is -1.16. The second-order valence-electron chi connectivity index (χ2n) is 6.24. The third-order valence-corrected chi connectivity index (χ3v) is 4.34. The molecular weight excluding hydrogens is 255 g/mol. The SMILES string of the molecule is CC1CCC(Oc2nccc(CNC3CC3)c2F)CC1. The zero-order chi connectivity index (χ0) is 13.9. The van der Waals surface area contributed by atoms with Crippen molar-refractivity contribution in [3.05, 3.63) is 23.6 Å². The molecule has 0 spiro atoms. The van der Waals surface area contributed by atoms with E-state index in [9.17, 15) is 4.39 Å². The minimum absolute atomic E-state index is 0.125. The number of nitrogens with one attached hydrogen (secondary N) is 1. The number of hydrogen-bond donors (Lipinski definition) is 1. The molecule has 0 saturated heterocycles. The van der Waals surface area contributed by atoms with Crippen molar-refractivity contribution in [1.82, 2.24) is 10.3 Å². The predicted octanol–water partition coefficient (Wildman–Crippen LogP) is 3.43. The summed E-state index contributed by atoms with van der Waals surface area (Å²) in [7, 11) is 0. The Bertz CT molecular complexity index is 454. The summed E-state index contributed by atoms with van der Waals surface area (Å²) in [6.07, 6.45) is 8.52. The van der Waals surface area contributed by atoms with Crippen molar-refractivity contribution in [3.8, 4) is 5.88 Å². The molecule has 0 radical (unpaired) electrons. The van der Waals surface area contributed by atoms with Crippen molar-refractivity contribution in [1.29, 1.82) is 0 Å². The van der Waals surface area contributed by atoms with Gasteiger partial charge >= 0.3 is 0 Å². The second kappa shape index (κ2) is 6.08. The molecule has 110 valence electrons.